The third-order valence-electron chi connectivity index (χ3n) is 2.33. The van der Waals surface area contributed by atoms with E-state index >= 15 is 0 Å². The molecular formula is C11H11NO4S. The van der Waals surface area contributed by atoms with Crippen LogP contribution in [0.25, 0.3) is 0 Å². The number of aliphatic hydroxyl groups excluding tert-OH is 1. The molecule has 2 rings (SSSR count). The highest BCUT2D eigenvalue weighted by atomic mass is 32.2. The predicted molar refractivity (Wildman–Crippen MR) is 62.0 cm³/mol. The molecule has 0 spiro atoms. The van der Waals surface area contributed by atoms with Gasteiger partial charge in [-0.15, -0.1) is 11.8 Å². The Morgan fingerprint density at radius 2 is 2.18 bits per heavy atom. The minimum Gasteiger partial charge on any atom is -0.396 e. The van der Waals surface area contributed by atoms with Gasteiger partial charge in [0.2, 0.25) is 17.3 Å². The Balaban J connectivity index is 2.05. The van der Waals surface area contributed by atoms with Gasteiger partial charge in [-0.05, 0) is 18.6 Å². The number of allylic oxidation sites excluding steroid dienone is 2. The van der Waals surface area contributed by atoms with Crippen LogP contribution in [0.5, 0.6) is 0 Å². The highest BCUT2D eigenvalue weighted by Gasteiger charge is 2.29. The number of carbonyl (C=O) groups is 2. The normalized spacial score (nSPS) is 14.8. The molecule has 1 aromatic heterocycles. The second-order valence-electron chi connectivity index (χ2n) is 3.55. The van der Waals surface area contributed by atoms with Crippen LogP contribution in [0.3, 0.4) is 0 Å². The second kappa shape index (κ2) is 5.29. The topological polar surface area (TPSA) is 80.4 Å². The maximum atomic E-state index is 11.9. The van der Waals surface area contributed by atoms with Crippen LogP contribution < -0.4 is 0 Å². The molecule has 1 heterocycles. The minimum atomic E-state index is -0.318. The Bertz CT molecular complexity index is 478. The molecule has 1 N–H and O–H groups in total. The van der Waals surface area contributed by atoms with Crippen molar-refractivity contribution >= 4 is 23.3 Å². The van der Waals surface area contributed by atoms with Gasteiger partial charge in [-0.25, -0.2) is 0 Å². The number of aliphatic hydroxyl groups is 1. The molecule has 5 nitrogen and oxygen atoms in total. The van der Waals surface area contributed by atoms with Gasteiger partial charge >= 0.3 is 0 Å². The highest BCUT2D eigenvalue weighted by Crippen LogP contribution is 2.28. The van der Waals surface area contributed by atoms with Gasteiger partial charge < -0.3 is 9.63 Å². The van der Waals surface area contributed by atoms with E-state index in [1.165, 1.54) is 24.0 Å². The predicted octanol–water partition coefficient (Wildman–Crippen LogP) is 1.44. The van der Waals surface area contributed by atoms with Gasteiger partial charge in [0.05, 0.1) is 16.7 Å². The van der Waals surface area contributed by atoms with Gasteiger partial charge in [0, 0.05) is 12.7 Å². The molecular weight excluding hydrogens is 242 g/mol. The summed E-state index contributed by atoms with van der Waals surface area (Å²) in [6.45, 7) is 0.141. The summed E-state index contributed by atoms with van der Waals surface area (Å²) in [7, 11) is 0. The number of aromatic nitrogens is 1. The van der Waals surface area contributed by atoms with Crippen LogP contribution in [0.1, 0.15) is 33.8 Å². The zero-order valence-corrected chi connectivity index (χ0v) is 9.83. The Morgan fingerprint density at radius 3 is 2.94 bits per heavy atom. The number of thioether (sulfide) groups is 1. The third-order valence-corrected chi connectivity index (χ3v) is 3.44. The number of carbonyl (C=O) groups excluding carboxylic acids is 2. The first kappa shape index (κ1) is 12.1. The van der Waals surface area contributed by atoms with E-state index in [-0.39, 0.29) is 29.5 Å². The average molecular weight is 253 g/mol. The van der Waals surface area contributed by atoms with Crippen molar-refractivity contribution in [2.45, 2.75) is 12.8 Å². The van der Waals surface area contributed by atoms with Crippen molar-refractivity contribution < 1.29 is 19.2 Å². The van der Waals surface area contributed by atoms with Crippen molar-refractivity contribution in [3.8, 4) is 0 Å². The van der Waals surface area contributed by atoms with E-state index in [1.807, 2.05) is 0 Å². The molecule has 1 aliphatic carbocycles. The number of unbranched alkanes of at least 4 members (excludes halogenated alkanes) is 1. The van der Waals surface area contributed by atoms with E-state index < -0.39 is 0 Å². The summed E-state index contributed by atoms with van der Waals surface area (Å²) < 4.78 is 4.72. The molecule has 0 unspecified atom stereocenters. The van der Waals surface area contributed by atoms with Crippen molar-refractivity contribution in [1.82, 2.24) is 5.16 Å². The molecule has 0 bridgehead atoms. The molecule has 0 radical (unpaired) electrons. The minimum absolute atomic E-state index is 0.0229. The van der Waals surface area contributed by atoms with E-state index in [4.69, 9.17) is 9.63 Å². The quantitative estimate of drug-likeness (QED) is 0.800. The molecule has 6 heteroatoms. The Hall–Kier alpha value is -1.40. The lowest BCUT2D eigenvalue weighted by atomic mass is 10.0. The van der Waals surface area contributed by atoms with Gasteiger partial charge in [0.15, 0.2) is 0 Å². The zero-order chi connectivity index (χ0) is 12.3. The molecule has 17 heavy (non-hydrogen) atoms. The van der Waals surface area contributed by atoms with Gasteiger partial charge in [0.25, 0.3) is 0 Å². The SMILES string of the molecule is O=C1C(SCCCCO)=CC(=O)c2oncc21. The monoisotopic (exact) mass is 253 g/mol. The highest BCUT2D eigenvalue weighted by molar-refractivity contribution is 8.04. The molecule has 90 valence electrons. The molecule has 0 saturated carbocycles. The maximum absolute atomic E-state index is 11.9. The van der Waals surface area contributed by atoms with Crippen LogP contribution >= 0.6 is 11.8 Å². The van der Waals surface area contributed by atoms with E-state index in [0.29, 0.717) is 17.1 Å². The van der Waals surface area contributed by atoms with E-state index in [2.05, 4.69) is 5.16 Å². The molecule has 0 atom stereocenters. The van der Waals surface area contributed by atoms with Gasteiger partial charge in [-0.1, -0.05) is 5.16 Å². The van der Waals surface area contributed by atoms with Crippen molar-refractivity contribution in [1.29, 1.82) is 0 Å². The van der Waals surface area contributed by atoms with Gasteiger partial charge in [0.1, 0.15) is 0 Å². The number of hydrogen-bond donors (Lipinski definition) is 1. The van der Waals surface area contributed by atoms with E-state index in [1.54, 1.807) is 0 Å². The average Bonchev–Trinajstić information content (AvgIpc) is 2.80. The van der Waals surface area contributed by atoms with Crippen LogP contribution in [0.15, 0.2) is 21.7 Å². The summed E-state index contributed by atoms with van der Waals surface area (Å²) in [5.74, 6) is 0.192. The van der Waals surface area contributed by atoms with E-state index in [0.717, 1.165) is 6.42 Å². The lowest BCUT2D eigenvalue weighted by Crippen LogP contribution is -2.13. The summed E-state index contributed by atoms with van der Waals surface area (Å²) in [4.78, 5) is 23.9. The van der Waals surface area contributed by atoms with Crippen LogP contribution in [0.2, 0.25) is 0 Å². The van der Waals surface area contributed by atoms with Crippen molar-refractivity contribution in [2.75, 3.05) is 12.4 Å². The molecule has 0 amide bonds. The summed E-state index contributed by atoms with van der Waals surface area (Å²) >= 11 is 1.33. The van der Waals surface area contributed by atoms with Gasteiger partial charge in [-0.3, -0.25) is 9.59 Å². The Kier molecular flexibility index (Phi) is 3.75. The maximum Gasteiger partial charge on any atom is 0.225 e. The van der Waals surface area contributed by atoms with Crippen LogP contribution in [0.4, 0.5) is 0 Å². The fraction of sp³-hybridized carbons (Fsp3) is 0.364. The second-order valence-corrected chi connectivity index (χ2v) is 4.69. The first-order chi connectivity index (χ1) is 8.24. The molecule has 0 aromatic carbocycles. The van der Waals surface area contributed by atoms with Crippen molar-refractivity contribution in [3.63, 3.8) is 0 Å². The molecule has 0 saturated heterocycles. The smallest absolute Gasteiger partial charge is 0.225 e. The number of fused-ring (bicyclic) bond motifs is 1. The number of rotatable bonds is 5. The van der Waals surface area contributed by atoms with Crippen LogP contribution in [-0.4, -0.2) is 34.2 Å². The summed E-state index contributed by atoms with van der Waals surface area (Å²) in [6.07, 6.45) is 4.06. The first-order valence-corrected chi connectivity index (χ1v) is 6.21. The number of ketones is 2. The first-order valence-electron chi connectivity index (χ1n) is 5.23. The standard InChI is InChI=1S/C11H11NO4S/c13-3-1-2-4-17-9-5-8(14)11-7(10(9)15)6-12-16-11/h5-6,13H,1-4H2. The summed E-state index contributed by atoms with van der Waals surface area (Å²) in [5.41, 5.74) is 0.238. The largest absolute Gasteiger partial charge is 0.396 e. The Morgan fingerprint density at radius 1 is 1.35 bits per heavy atom. The van der Waals surface area contributed by atoms with Crippen LogP contribution in [-0.2, 0) is 0 Å². The lowest BCUT2D eigenvalue weighted by molar-refractivity contribution is 0.0967. The number of hydrogen-bond acceptors (Lipinski definition) is 6. The molecule has 0 aliphatic heterocycles. The summed E-state index contributed by atoms with van der Waals surface area (Å²) in [6, 6.07) is 0. The Labute approximate surface area is 102 Å². The fourth-order valence-corrected chi connectivity index (χ4v) is 2.46. The number of nitrogens with zero attached hydrogens (tertiary/aromatic N) is 1. The third kappa shape index (κ3) is 2.48. The van der Waals surface area contributed by atoms with Crippen LogP contribution in [0, 0.1) is 0 Å². The fourth-order valence-electron chi connectivity index (χ4n) is 1.47. The lowest BCUT2D eigenvalue weighted by Gasteiger charge is -2.08. The van der Waals surface area contributed by atoms with Crippen molar-refractivity contribution in [2.24, 2.45) is 0 Å². The van der Waals surface area contributed by atoms with E-state index in [9.17, 15) is 9.59 Å². The number of Topliss-reactive ketones (excluding diaryl/α,β-unsaturated/α-hetero) is 1. The molecule has 0 fully saturated rings. The van der Waals surface area contributed by atoms with Crippen molar-refractivity contribution in [3.05, 3.63) is 28.5 Å². The molecule has 1 aliphatic rings. The zero-order valence-electron chi connectivity index (χ0n) is 9.01. The molecule has 1 aromatic rings. The summed E-state index contributed by atoms with van der Waals surface area (Å²) in [5, 5.41) is 12.1. The van der Waals surface area contributed by atoms with Gasteiger partial charge in [-0.2, -0.15) is 0 Å².